The van der Waals surface area contributed by atoms with Gasteiger partial charge in [0.05, 0.1) is 17.2 Å². The van der Waals surface area contributed by atoms with Crippen molar-refractivity contribution >= 4 is 34.8 Å². The maximum absolute atomic E-state index is 12.8. The molecule has 2 aromatic rings. The van der Waals surface area contributed by atoms with Crippen molar-refractivity contribution in [2.24, 2.45) is 5.84 Å². The SMILES string of the molecule is COc1cc(N2CCN(C(=O)CN(N)/C(C)=C(/Cl)C(C)Oc3ccccn3)CC2)ccc1Cl. The van der Waals surface area contributed by atoms with Gasteiger partial charge < -0.3 is 24.3 Å². The minimum atomic E-state index is -0.456. The molecule has 0 radical (unpaired) electrons. The van der Waals surface area contributed by atoms with Crippen molar-refractivity contribution < 1.29 is 14.3 Å². The normalized spacial score (nSPS) is 15.6. The first kappa shape index (κ1) is 25.0. The van der Waals surface area contributed by atoms with Gasteiger partial charge in [-0.25, -0.2) is 10.8 Å². The van der Waals surface area contributed by atoms with Crippen LogP contribution < -0.4 is 20.2 Å². The predicted octanol–water partition coefficient (Wildman–Crippen LogP) is 3.51. The maximum Gasteiger partial charge on any atom is 0.243 e. The Morgan fingerprint density at radius 3 is 2.61 bits per heavy atom. The van der Waals surface area contributed by atoms with E-state index in [2.05, 4.69) is 9.88 Å². The lowest BCUT2D eigenvalue weighted by Crippen LogP contribution is -2.52. The number of rotatable bonds is 8. The van der Waals surface area contributed by atoms with Crippen LogP contribution in [0.2, 0.25) is 5.02 Å². The van der Waals surface area contributed by atoms with Gasteiger partial charge in [-0.05, 0) is 32.0 Å². The fourth-order valence-electron chi connectivity index (χ4n) is 3.50. The Kier molecular flexibility index (Phi) is 8.66. The number of hydrazine groups is 1. The molecule has 1 atom stereocenters. The van der Waals surface area contributed by atoms with E-state index in [4.69, 9.17) is 38.5 Å². The molecule has 1 aliphatic heterocycles. The van der Waals surface area contributed by atoms with Gasteiger partial charge in [0.1, 0.15) is 18.4 Å². The van der Waals surface area contributed by atoms with E-state index < -0.39 is 6.10 Å². The molecule has 1 amide bonds. The molecule has 8 nitrogen and oxygen atoms in total. The van der Waals surface area contributed by atoms with Gasteiger partial charge >= 0.3 is 0 Å². The van der Waals surface area contributed by atoms with Crippen LogP contribution in [0, 0.1) is 0 Å². The molecular formula is C23H29Cl2N5O3. The fourth-order valence-corrected chi connectivity index (χ4v) is 3.85. The maximum atomic E-state index is 12.8. The number of hydrogen-bond acceptors (Lipinski definition) is 7. The monoisotopic (exact) mass is 493 g/mol. The van der Waals surface area contributed by atoms with Crippen molar-refractivity contribution in [2.45, 2.75) is 20.0 Å². The van der Waals surface area contributed by atoms with E-state index in [0.717, 1.165) is 5.69 Å². The second kappa shape index (κ2) is 11.4. The number of nitrogens with two attached hydrogens (primary N) is 1. The van der Waals surface area contributed by atoms with E-state index in [1.165, 1.54) is 5.01 Å². The summed E-state index contributed by atoms with van der Waals surface area (Å²) in [5, 5.41) is 2.34. The van der Waals surface area contributed by atoms with Gasteiger partial charge in [0.2, 0.25) is 11.8 Å². The van der Waals surface area contributed by atoms with Crippen molar-refractivity contribution in [3.05, 3.63) is 58.3 Å². The van der Waals surface area contributed by atoms with Crippen LogP contribution in [0.3, 0.4) is 0 Å². The average Bonchev–Trinajstić information content (AvgIpc) is 2.84. The molecule has 1 aromatic carbocycles. The standard InChI is InChI=1S/C23H29Cl2N5O3/c1-16(23(25)17(2)33-21-6-4-5-9-27-21)30(26)15-22(31)29-12-10-28(11-13-29)18-7-8-19(24)20(14-18)32-3/h4-9,14,17H,10-13,15,26H2,1-3H3/b23-16+. The van der Waals surface area contributed by atoms with E-state index in [9.17, 15) is 4.79 Å². The number of anilines is 1. The molecule has 0 spiro atoms. The minimum absolute atomic E-state index is 0.0210. The lowest BCUT2D eigenvalue weighted by Gasteiger charge is -2.37. The molecule has 1 fully saturated rings. The summed E-state index contributed by atoms with van der Waals surface area (Å²) >= 11 is 12.6. The highest BCUT2D eigenvalue weighted by Gasteiger charge is 2.24. The Morgan fingerprint density at radius 2 is 1.97 bits per heavy atom. The molecule has 10 heteroatoms. The van der Waals surface area contributed by atoms with Gasteiger partial charge in [-0.15, -0.1) is 0 Å². The number of methoxy groups -OCH3 is 1. The van der Waals surface area contributed by atoms with Crippen molar-refractivity contribution in [3.63, 3.8) is 0 Å². The summed E-state index contributed by atoms with van der Waals surface area (Å²) in [6.07, 6.45) is 1.19. The van der Waals surface area contributed by atoms with Crippen molar-refractivity contribution in [3.8, 4) is 11.6 Å². The number of amides is 1. The Bertz CT molecular complexity index is 981. The largest absolute Gasteiger partial charge is 0.495 e. The van der Waals surface area contributed by atoms with Crippen LogP contribution in [-0.2, 0) is 4.79 Å². The van der Waals surface area contributed by atoms with Gasteiger partial charge in [0.15, 0.2) is 0 Å². The third-order valence-corrected chi connectivity index (χ3v) is 6.40. The van der Waals surface area contributed by atoms with E-state index in [0.29, 0.717) is 53.6 Å². The highest BCUT2D eigenvalue weighted by molar-refractivity contribution is 6.32. The second-order valence-electron chi connectivity index (χ2n) is 7.68. The number of benzene rings is 1. The highest BCUT2D eigenvalue weighted by atomic mass is 35.5. The summed E-state index contributed by atoms with van der Waals surface area (Å²) in [6, 6.07) is 11.1. The van der Waals surface area contributed by atoms with E-state index in [1.807, 2.05) is 24.3 Å². The Labute approximate surface area is 204 Å². The number of hydrogen-bond donors (Lipinski definition) is 1. The Balaban J connectivity index is 1.54. The number of allylic oxidation sites excluding steroid dienone is 1. The lowest BCUT2D eigenvalue weighted by molar-refractivity contribution is -0.132. The highest BCUT2D eigenvalue weighted by Crippen LogP contribution is 2.30. The summed E-state index contributed by atoms with van der Waals surface area (Å²) in [5.74, 6) is 7.19. The molecule has 3 rings (SSSR count). The smallest absolute Gasteiger partial charge is 0.243 e. The number of nitrogens with zero attached hydrogens (tertiary/aromatic N) is 4. The van der Waals surface area contributed by atoms with Crippen LogP contribution in [0.5, 0.6) is 11.6 Å². The van der Waals surface area contributed by atoms with Gasteiger partial charge in [0.25, 0.3) is 0 Å². The van der Waals surface area contributed by atoms with E-state index in [1.54, 1.807) is 44.2 Å². The number of aromatic nitrogens is 1. The average molecular weight is 494 g/mol. The predicted molar refractivity (Wildman–Crippen MR) is 131 cm³/mol. The van der Waals surface area contributed by atoms with Crippen LogP contribution >= 0.6 is 23.2 Å². The summed E-state index contributed by atoms with van der Waals surface area (Å²) in [6.45, 7) is 6.17. The molecule has 1 aliphatic rings. The third kappa shape index (κ3) is 6.43. The molecule has 0 aliphatic carbocycles. The number of ether oxygens (including phenoxy) is 2. The Hall–Kier alpha value is -2.68. The Morgan fingerprint density at radius 1 is 1.24 bits per heavy atom. The van der Waals surface area contributed by atoms with Gasteiger partial charge in [-0.1, -0.05) is 29.3 Å². The van der Waals surface area contributed by atoms with Crippen molar-refractivity contribution in [1.82, 2.24) is 14.9 Å². The van der Waals surface area contributed by atoms with Crippen LogP contribution in [0.25, 0.3) is 0 Å². The number of piperazine rings is 1. The molecule has 2 heterocycles. The first-order valence-corrected chi connectivity index (χ1v) is 11.4. The molecule has 1 unspecified atom stereocenters. The molecule has 1 saturated heterocycles. The number of halogens is 2. The van der Waals surface area contributed by atoms with Gasteiger partial charge in [-0.2, -0.15) is 0 Å². The molecule has 2 N–H and O–H groups in total. The zero-order chi connectivity index (χ0) is 24.0. The van der Waals surface area contributed by atoms with Gasteiger partial charge in [0, 0.05) is 55.9 Å². The summed E-state index contributed by atoms with van der Waals surface area (Å²) in [4.78, 5) is 21.0. The third-order valence-electron chi connectivity index (χ3n) is 5.51. The molecule has 1 aromatic heterocycles. The van der Waals surface area contributed by atoms with Gasteiger partial charge in [-0.3, -0.25) is 4.79 Å². The summed E-state index contributed by atoms with van der Waals surface area (Å²) in [5.41, 5.74) is 1.58. The number of carbonyl (C=O) groups is 1. The van der Waals surface area contributed by atoms with Crippen LogP contribution in [-0.4, -0.2) is 66.7 Å². The second-order valence-corrected chi connectivity index (χ2v) is 8.49. The quantitative estimate of drug-likeness (QED) is 0.444. The zero-order valence-electron chi connectivity index (χ0n) is 19.0. The number of pyridine rings is 1. The van der Waals surface area contributed by atoms with E-state index >= 15 is 0 Å². The molecule has 178 valence electrons. The van der Waals surface area contributed by atoms with Crippen LogP contribution in [0.15, 0.2) is 53.3 Å². The first-order chi connectivity index (χ1) is 15.8. The van der Waals surface area contributed by atoms with Crippen LogP contribution in [0.4, 0.5) is 5.69 Å². The van der Waals surface area contributed by atoms with Crippen molar-refractivity contribution in [1.29, 1.82) is 0 Å². The zero-order valence-corrected chi connectivity index (χ0v) is 20.5. The topological polar surface area (TPSA) is 84.2 Å². The molecule has 33 heavy (non-hydrogen) atoms. The molecular weight excluding hydrogens is 465 g/mol. The number of carbonyl (C=O) groups excluding carboxylic acids is 1. The fraction of sp³-hybridized carbons (Fsp3) is 0.391. The summed E-state index contributed by atoms with van der Waals surface area (Å²) < 4.78 is 11.0. The molecule has 0 bridgehead atoms. The van der Waals surface area contributed by atoms with Crippen LogP contribution in [0.1, 0.15) is 13.8 Å². The summed E-state index contributed by atoms with van der Waals surface area (Å²) in [7, 11) is 1.59. The van der Waals surface area contributed by atoms with Crippen molar-refractivity contribution in [2.75, 3.05) is 44.7 Å². The van der Waals surface area contributed by atoms with E-state index in [-0.39, 0.29) is 12.5 Å². The minimum Gasteiger partial charge on any atom is -0.495 e. The molecule has 0 saturated carbocycles. The lowest BCUT2D eigenvalue weighted by atomic mass is 10.2. The first-order valence-electron chi connectivity index (χ1n) is 10.6.